The van der Waals surface area contributed by atoms with Gasteiger partial charge in [-0.2, -0.15) is 13.2 Å². The van der Waals surface area contributed by atoms with Crippen molar-refractivity contribution < 1.29 is 41.4 Å². The van der Waals surface area contributed by atoms with Gasteiger partial charge in [-0.3, -0.25) is 4.72 Å². The van der Waals surface area contributed by atoms with Crippen LogP contribution in [0.4, 0.5) is 24.5 Å². The molecule has 0 unspecified atom stereocenters. The molecule has 2 aromatic carbocycles. The minimum atomic E-state index is -5.08. The van der Waals surface area contributed by atoms with Crippen LogP contribution in [0.15, 0.2) is 41.3 Å². The SMILES string of the molecule is Cc1c(Cl)cccc1S(=O)(=O)Nc1ccc(N2CCC(N3CCCCC3)CC2)c(C(=O)O)c1.O=C(O)C(F)(F)F. The molecular weight excluding hydrogens is 575 g/mol. The van der Waals surface area contributed by atoms with Gasteiger partial charge in [0.25, 0.3) is 10.0 Å². The van der Waals surface area contributed by atoms with Crippen LogP contribution in [0.25, 0.3) is 0 Å². The first-order valence-electron chi connectivity index (χ1n) is 12.6. The summed E-state index contributed by atoms with van der Waals surface area (Å²) < 4.78 is 60.0. The molecule has 2 saturated heterocycles. The smallest absolute Gasteiger partial charge is 0.478 e. The Morgan fingerprint density at radius 3 is 2.15 bits per heavy atom. The Bertz CT molecular complexity index is 1330. The van der Waals surface area contributed by atoms with E-state index in [4.69, 9.17) is 21.5 Å². The van der Waals surface area contributed by atoms with Gasteiger partial charge in [0.1, 0.15) is 0 Å². The number of aromatic carboxylic acids is 1. The molecule has 0 bridgehead atoms. The molecule has 40 heavy (non-hydrogen) atoms. The number of likely N-dealkylation sites (tertiary alicyclic amines) is 1. The van der Waals surface area contributed by atoms with Gasteiger partial charge in [-0.05, 0) is 81.6 Å². The number of piperidine rings is 2. The Kier molecular flexibility index (Phi) is 10.3. The van der Waals surface area contributed by atoms with Gasteiger partial charge in [0.2, 0.25) is 0 Å². The van der Waals surface area contributed by atoms with Gasteiger partial charge in [0.15, 0.2) is 0 Å². The van der Waals surface area contributed by atoms with Crippen molar-refractivity contribution in [2.75, 3.05) is 35.8 Å². The summed E-state index contributed by atoms with van der Waals surface area (Å²) in [6.07, 6.45) is 0.748. The Morgan fingerprint density at radius 2 is 1.60 bits per heavy atom. The van der Waals surface area contributed by atoms with Gasteiger partial charge in [-0.1, -0.05) is 24.1 Å². The van der Waals surface area contributed by atoms with Crippen molar-refractivity contribution in [1.29, 1.82) is 0 Å². The molecule has 220 valence electrons. The number of rotatable bonds is 6. The second-order valence-electron chi connectivity index (χ2n) is 9.62. The summed E-state index contributed by atoms with van der Waals surface area (Å²) in [6.45, 7) is 5.52. The zero-order valence-corrected chi connectivity index (χ0v) is 23.3. The average Bonchev–Trinajstić information content (AvgIpc) is 2.90. The number of halogens is 4. The number of benzene rings is 2. The molecule has 2 aliphatic heterocycles. The van der Waals surface area contributed by atoms with Crippen LogP contribution in [0.1, 0.15) is 48.0 Å². The van der Waals surface area contributed by atoms with E-state index in [1.807, 2.05) is 0 Å². The van der Waals surface area contributed by atoms with E-state index in [2.05, 4.69) is 14.5 Å². The van der Waals surface area contributed by atoms with Crippen molar-refractivity contribution >= 4 is 44.9 Å². The summed E-state index contributed by atoms with van der Waals surface area (Å²) in [5.74, 6) is -3.84. The first-order chi connectivity index (χ1) is 18.7. The zero-order chi connectivity index (χ0) is 29.7. The van der Waals surface area contributed by atoms with Gasteiger partial charge in [-0.25, -0.2) is 18.0 Å². The molecule has 14 heteroatoms. The van der Waals surface area contributed by atoms with Gasteiger partial charge in [-0.15, -0.1) is 0 Å². The Balaban J connectivity index is 0.000000559. The van der Waals surface area contributed by atoms with E-state index in [1.54, 1.807) is 31.2 Å². The molecule has 2 heterocycles. The number of nitrogens with zero attached hydrogens (tertiary/aromatic N) is 2. The predicted molar refractivity (Wildman–Crippen MR) is 145 cm³/mol. The van der Waals surface area contributed by atoms with Crippen LogP contribution in [0.2, 0.25) is 5.02 Å². The lowest BCUT2D eigenvalue weighted by Crippen LogP contribution is -2.47. The lowest BCUT2D eigenvalue weighted by Gasteiger charge is -2.41. The first kappa shape index (κ1) is 31.5. The minimum Gasteiger partial charge on any atom is -0.478 e. The monoisotopic (exact) mass is 605 g/mol. The lowest BCUT2D eigenvalue weighted by molar-refractivity contribution is -0.192. The number of hydrogen-bond donors (Lipinski definition) is 3. The largest absolute Gasteiger partial charge is 0.490 e. The highest BCUT2D eigenvalue weighted by molar-refractivity contribution is 7.92. The number of aliphatic carboxylic acids is 1. The quantitative estimate of drug-likeness (QED) is 0.408. The number of alkyl halides is 3. The number of carboxylic acids is 2. The number of anilines is 2. The number of carboxylic acid groups (broad SMARTS) is 2. The molecular formula is C26H31ClF3N3O6S. The third-order valence-corrected chi connectivity index (χ3v) is 8.88. The van der Waals surface area contributed by atoms with Crippen molar-refractivity contribution in [3.8, 4) is 0 Å². The third kappa shape index (κ3) is 8.01. The van der Waals surface area contributed by atoms with Gasteiger partial charge in [0, 0.05) is 29.8 Å². The molecule has 0 amide bonds. The minimum absolute atomic E-state index is 0.0655. The summed E-state index contributed by atoms with van der Waals surface area (Å²) in [5, 5.41) is 17.3. The Morgan fingerprint density at radius 1 is 1.00 bits per heavy atom. The van der Waals surface area contributed by atoms with Crippen LogP contribution < -0.4 is 9.62 Å². The number of hydrogen-bond acceptors (Lipinski definition) is 6. The van der Waals surface area contributed by atoms with Crippen LogP contribution in [-0.2, 0) is 14.8 Å². The molecule has 0 radical (unpaired) electrons. The molecule has 0 spiro atoms. The molecule has 9 nitrogen and oxygen atoms in total. The second kappa shape index (κ2) is 13.1. The fourth-order valence-electron chi connectivity index (χ4n) is 4.89. The molecule has 2 aliphatic rings. The maximum Gasteiger partial charge on any atom is 0.490 e. The van der Waals surface area contributed by atoms with Crippen molar-refractivity contribution in [1.82, 2.24) is 4.90 Å². The van der Waals surface area contributed by atoms with Crippen molar-refractivity contribution in [2.45, 2.75) is 56.1 Å². The summed E-state index contributed by atoms with van der Waals surface area (Å²) in [5.41, 5.74) is 1.37. The number of carbonyl (C=O) groups is 2. The molecule has 3 N–H and O–H groups in total. The van der Waals surface area contributed by atoms with Crippen LogP contribution in [-0.4, -0.2) is 73.9 Å². The first-order valence-corrected chi connectivity index (χ1v) is 14.5. The summed E-state index contributed by atoms with van der Waals surface area (Å²) in [6, 6.07) is 9.95. The highest BCUT2D eigenvalue weighted by Gasteiger charge is 2.38. The van der Waals surface area contributed by atoms with Crippen LogP contribution in [0, 0.1) is 6.92 Å². The molecule has 0 saturated carbocycles. The predicted octanol–water partition coefficient (Wildman–Crippen LogP) is 5.24. The summed E-state index contributed by atoms with van der Waals surface area (Å²) in [7, 11) is -3.91. The average molecular weight is 606 g/mol. The fraction of sp³-hybridized carbons (Fsp3) is 0.462. The molecule has 0 aromatic heterocycles. The summed E-state index contributed by atoms with van der Waals surface area (Å²) in [4.78, 5) is 25.7. The normalized spacial score (nSPS) is 17.1. The number of nitrogens with one attached hydrogen (secondary N) is 1. The molecule has 2 aromatic rings. The van der Waals surface area contributed by atoms with Crippen LogP contribution in [0.3, 0.4) is 0 Å². The van der Waals surface area contributed by atoms with E-state index in [0.29, 0.717) is 22.3 Å². The van der Waals surface area contributed by atoms with E-state index < -0.39 is 28.1 Å². The highest BCUT2D eigenvalue weighted by atomic mass is 35.5. The fourth-order valence-corrected chi connectivity index (χ4v) is 6.44. The highest BCUT2D eigenvalue weighted by Crippen LogP contribution is 2.31. The standard InChI is InChI=1S/C24H30ClN3O4S.C2HF3O2/c1-17-21(25)6-5-7-23(17)33(31,32)26-18-8-9-22(20(16-18)24(29)30)28-14-10-19(11-15-28)27-12-3-2-4-13-27;3-2(4,5)1(6)7/h5-9,16,19,26H,2-4,10-15H2,1H3,(H,29,30);(H,6,7). The van der Waals surface area contributed by atoms with E-state index in [1.165, 1.54) is 31.4 Å². The topological polar surface area (TPSA) is 127 Å². The molecule has 0 atom stereocenters. The van der Waals surface area contributed by atoms with Gasteiger partial charge < -0.3 is 20.0 Å². The van der Waals surface area contributed by atoms with Gasteiger partial charge >= 0.3 is 18.1 Å². The van der Waals surface area contributed by atoms with Crippen LogP contribution in [0.5, 0.6) is 0 Å². The van der Waals surface area contributed by atoms with Crippen molar-refractivity contribution in [2.24, 2.45) is 0 Å². The molecule has 2 fully saturated rings. The Hall–Kier alpha value is -3.03. The molecule has 4 rings (SSSR count). The Labute approximate surface area is 235 Å². The van der Waals surface area contributed by atoms with E-state index >= 15 is 0 Å². The van der Waals surface area contributed by atoms with Gasteiger partial charge in [0.05, 0.1) is 16.1 Å². The van der Waals surface area contributed by atoms with E-state index in [-0.39, 0.29) is 16.1 Å². The second-order valence-corrected chi connectivity index (χ2v) is 11.7. The summed E-state index contributed by atoms with van der Waals surface area (Å²) >= 11 is 6.08. The van der Waals surface area contributed by atoms with Crippen LogP contribution >= 0.6 is 11.6 Å². The molecule has 0 aliphatic carbocycles. The van der Waals surface area contributed by atoms with Crippen molar-refractivity contribution in [3.05, 3.63) is 52.5 Å². The lowest BCUT2D eigenvalue weighted by atomic mass is 9.98. The van der Waals surface area contributed by atoms with Crippen molar-refractivity contribution in [3.63, 3.8) is 0 Å². The van der Waals surface area contributed by atoms with E-state index in [9.17, 15) is 31.5 Å². The van der Waals surface area contributed by atoms with E-state index in [0.717, 1.165) is 39.0 Å². The maximum atomic E-state index is 12.9. The maximum absolute atomic E-state index is 12.9. The third-order valence-electron chi connectivity index (χ3n) is 6.94. The zero-order valence-electron chi connectivity index (χ0n) is 21.7. The number of sulfonamides is 1.